The number of benzene rings is 1. The van der Waals surface area contributed by atoms with Gasteiger partial charge in [-0.3, -0.25) is 4.79 Å². The molecule has 0 unspecified atom stereocenters. The molecule has 0 saturated heterocycles. The molecule has 3 heterocycles. The Morgan fingerprint density at radius 1 is 1.15 bits per heavy atom. The quantitative estimate of drug-likeness (QED) is 0.476. The third-order valence-electron chi connectivity index (χ3n) is 6.13. The summed E-state index contributed by atoms with van der Waals surface area (Å²) < 4.78 is 18.6. The number of amides is 1. The molecule has 0 atom stereocenters. The van der Waals surface area contributed by atoms with Crippen LogP contribution in [-0.4, -0.2) is 35.2 Å². The van der Waals surface area contributed by atoms with Gasteiger partial charge in [0.1, 0.15) is 23.5 Å². The SMILES string of the molecule is Cc1cc(F)c(NC(=O)c2cccc(-c3nncn3C3CC3)n2)cc1-n1cnc(C2CC2)c1. The van der Waals surface area contributed by atoms with Crippen LogP contribution in [0.2, 0.25) is 0 Å². The third kappa shape index (κ3) is 3.79. The van der Waals surface area contributed by atoms with Crippen LogP contribution in [0, 0.1) is 12.7 Å². The Balaban J connectivity index is 1.27. The van der Waals surface area contributed by atoms with E-state index in [4.69, 9.17) is 0 Å². The van der Waals surface area contributed by atoms with E-state index < -0.39 is 11.7 Å². The van der Waals surface area contributed by atoms with Crippen LogP contribution in [-0.2, 0) is 0 Å². The van der Waals surface area contributed by atoms with Gasteiger partial charge in [0.05, 0.1) is 23.4 Å². The summed E-state index contributed by atoms with van der Waals surface area (Å²) >= 11 is 0. The number of carbonyl (C=O) groups excluding carboxylic acids is 1. The number of aryl methyl sites for hydroxylation is 1. The van der Waals surface area contributed by atoms with Gasteiger partial charge in [0.25, 0.3) is 5.91 Å². The predicted octanol–water partition coefficient (Wildman–Crippen LogP) is 4.44. The van der Waals surface area contributed by atoms with Crippen molar-refractivity contribution in [1.82, 2.24) is 29.3 Å². The maximum absolute atomic E-state index is 14.7. The van der Waals surface area contributed by atoms with Crippen molar-refractivity contribution < 1.29 is 9.18 Å². The molecule has 9 heteroatoms. The zero-order chi connectivity index (χ0) is 22.5. The van der Waals surface area contributed by atoms with E-state index in [2.05, 4.69) is 25.5 Å². The first kappa shape index (κ1) is 19.8. The van der Waals surface area contributed by atoms with E-state index in [1.807, 2.05) is 22.3 Å². The lowest BCUT2D eigenvalue weighted by Gasteiger charge is -2.12. The van der Waals surface area contributed by atoms with Crippen LogP contribution in [0.5, 0.6) is 0 Å². The zero-order valence-corrected chi connectivity index (χ0v) is 18.1. The van der Waals surface area contributed by atoms with Crippen LogP contribution in [0.1, 0.15) is 59.4 Å². The van der Waals surface area contributed by atoms with Gasteiger partial charge in [-0.1, -0.05) is 6.07 Å². The Bertz CT molecular complexity index is 1370. The molecule has 0 radical (unpaired) electrons. The fraction of sp³-hybridized carbons (Fsp3) is 0.292. The third-order valence-corrected chi connectivity index (χ3v) is 6.13. The van der Waals surface area contributed by atoms with Crippen molar-refractivity contribution in [3.05, 3.63) is 72.0 Å². The average molecular weight is 443 g/mol. The fourth-order valence-electron chi connectivity index (χ4n) is 4.01. The molecule has 6 rings (SSSR count). The van der Waals surface area contributed by atoms with Crippen LogP contribution in [0.4, 0.5) is 10.1 Å². The number of aromatic nitrogens is 6. The molecule has 3 aromatic heterocycles. The number of imidazole rings is 1. The molecule has 33 heavy (non-hydrogen) atoms. The number of nitrogens with zero attached hydrogens (tertiary/aromatic N) is 6. The minimum Gasteiger partial charge on any atom is -0.318 e. The highest BCUT2D eigenvalue weighted by molar-refractivity contribution is 6.03. The Morgan fingerprint density at radius 3 is 2.79 bits per heavy atom. The molecule has 2 saturated carbocycles. The van der Waals surface area contributed by atoms with Crippen LogP contribution in [0.3, 0.4) is 0 Å². The number of pyridine rings is 1. The number of carbonyl (C=O) groups is 1. The van der Waals surface area contributed by atoms with Crippen molar-refractivity contribution in [2.24, 2.45) is 0 Å². The van der Waals surface area contributed by atoms with E-state index in [1.54, 1.807) is 36.9 Å². The maximum atomic E-state index is 14.7. The van der Waals surface area contributed by atoms with Gasteiger partial charge in [-0.15, -0.1) is 10.2 Å². The maximum Gasteiger partial charge on any atom is 0.274 e. The summed E-state index contributed by atoms with van der Waals surface area (Å²) in [6.07, 6.45) is 9.88. The molecule has 166 valence electrons. The summed E-state index contributed by atoms with van der Waals surface area (Å²) in [5.41, 5.74) is 3.40. The number of hydrogen-bond donors (Lipinski definition) is 1. The molecule has 2 aliphatic rings. The molecular weight excluding hydrogens is 421 g/mol. The lowest BCUT2D eigenvalue weighted by atomic mass is 10.1. The topological polar surface area (TPSA) is 90.5 Å². The second kappa shape index (κ2) is 7.61. The van der Waals surface area contributed by atoms with Gasteiger partial charge >= 0.3 is 0 Å². The van der Waals surface area contributed by atoms with Crippen molar-refractivity contribution in [3.8, 4) is 17.2 Å². The van der Waals surface area contributed by atoms with Crippen LogP contribution in [0.25, 0.3) is 17.2 Å². The largest absolute Gasteiger partial charge is 0.318 e. The second-order valence-electron chi connectivity index (χ2n) is 8.75. The van der Waals surface area contributed by atoms with Crippen LogP contribution < -0.4 is 5.32 Å². The fourth-order valence-corrected chi connectivity index (χ4v) is 4.01. The summed E-state index contributed by atoms with van der Waals surface area (Å²) in [6.45, 7) is 1.84. The Hall–Kier alpha value is -3.88. The van der Waals surface area contributed by atoms with E-state index in [1.165, 1.54) is 6.07 Å². The molecule has 0 aliphatic heterocycles. The van der Waals surface area contributed by atoms with E-state index in [0.29, 0.717) is 23.5 Å². The Labute approximate surface area is 189 Å². The van der Waals surface area contributed by atoms with E-state index >= 15 is 0 Å². The summed E-state index contributed by atoms with van der Waals surface area (Å²) in [5, 5.41) is 10.8. The number of nitrogens with one attached hydrogen (secondary N) is 1. The van der Waals surface area contributed by atoms with Crippen molar-refractivity contribution >= 4 is 11.6 Å². The number of anilines is 1. The number of halogens is 1. The zero-order valence-electron chi connectivity index (χ0n) is 18.1. The van der Waals surface area contributed by atoms with Gasteiger partial charge < -0.3 is 14.5 Å². The highest BCUT2D eigenvalue weighted by Crippen LogP contribution is 2.39. The average Bonchev–Trinajstić information content (AvgIpc) is 3.75. The summed E-state index contributed by atoms with van der Waals surface area (Å²) in [7, 11) is 0. The molecule has 0 bridgehead atoms. The molecular formula is C24H22FN7O. The van der Waals surface area contributed by atoms with E-state index in [9.17, 15) is 9.18 Å². The monoisotopic (exact) mass is 443 g/mol. The standard InChI is InChI=1S/C24H22FN7O/c1-14-9-17(25)20(10-22(14)31-11-21(26-12-31)15-5-6-15)29-24(33)19-4-2-3-18(28-19)23-30-27-13-32(23)16-7-8-16/h2-4,9-13,15-16H,5-8H2,1H3,(H,29,33). The first-order valence-electron chi connectivity index (χ1n) is 11.1. The minimum absolute atomic E-state index is 0.0932. The predicted molar refractivity (Wildman–Crippen MR) is 120 cm³/mol. The van der Waals surface area contributed by atoms with Gasteiger partial charge in [-0.25, -0.2) is 14.4 Å². The highest BCUT2D eigenvalue weighted by atomic mass is 19.1. The first-order chi connectivity index (χ1) is 16.1. The van der Waals surface area contributed by atoms with Gasteiger partial charge in [0.15, 0.2) is 5.82 Å². The Kier molecular flexibility index (Phi) is 4.56. The molecule has 0 spiro atoms. The number of rotatable bonds is 6. The molecule has 4 aromatic rings. The Morgan fingerprint density at radius 2 is 2.00 bits per heavy atom. The van der Waals surface area contributed by atoms with Crippen LogP contribution in [0.15, 0.2) is 49.2 Å². The minimum atomic E-state index is -0.503. The summed E-state index contributed by atoms with van der Waals surface area (Å²) in [5.74, 6) is 0.155. The van der Waals surface area contributed by atoms with Crippen molar-refractivity contribution in [2.45, 2.75) is 44.6 Å². The molecule has 2 aliphatic carbocycles. The molecule has 1 amide bonds. The smallest absolute Gasteiger partial charge is 0.274 e. The lowest BCUT2D eigenvalue weighted by Crippen LogP contribution is -2.16. The molecule has 1 N–H and O–H groups in total. The van der Waals surface area contributed by atoms with Crippen molar-refractivity contribution in [1.29, 1.82) is 0 Å². The van der Waals surface area contributed by atoms with E-state index in [0.717, 1.165) is 42.6 Å². The normalized spacial score (nSPS) is 15.6. The summed E-state index contributed by atoms with van der Waals surface area (Å²) in [6, 6.07) is 8.57. The lowest BCUT2D eigenvalue weighted by molar-refractivity contribution is 0.102. The van der Waals surface area contributed by atoms with Gasteiger partial charge in [0.2, 0.25) is 0 Å². The second-order valence-corrected chi connectivity index (χ2v) is 8.75. The van der Waals surface area contributed by atoms with Gasteiger partial charge in [-0.05, 0) is 62.4 Å². The first-order valence-corrected chi connectivity index (χ1v) is 11.1. The molecule has 1 aromatic carbocycles. The molecule has 2 fully saturated rings. The van der Waals surface area contributed by atoms with Gasteiger partial charge in [-0.2, -0.15) is 0 Å². The molecule has 8 nitrogen and oxygen atoms in total. The van der Waals surface area contributed by atoms with Gasteiger partial charge in [0, 0.05) is 18.2 Å². The van der Waals surface area contributed by atoms with Crippen LogP contribution >= 0.6 is 0 Å². The number of hydrogen-bond acceptors (Lipinski definition) is 5. The van der Waals surface area contributed by atoms with Crippen molar-refractivity contribution in [2.75, 3.05) is 5.32 Å². The highest BCUT2D eigenvalue weighted by Gasteiger charge is 2.28. The summed E-state index contributed by atoms with van der Waals surface area (Å²) in [4.78, 5) is 21.9. The van der Waals surface area contributed by atoms with E-state index in [-0.39, 0.29) is 11.4 Å². The van der Waals surface area contributed by atoms with Crippen molar-refractivity contribution in [3.63, 3.8) is 0 Å².